The van der Waals surface area contributed by atoms with Gasteiger partial charge in [-0.3, -0.25) is 0 Å². The molecule has 2 aromatic rings. The molecule has 2 aromatic carbocycles. The zero-order chi connectivity index (χ0) is 13.0. The van der Waals surface area contributed by atoms with Crippen LogP contribution in [0, 0.1) is 5.82 Å². The molecule has 1 nitrogen and oxygen atoms in total. The zero-order valence-electron chi connectivity index (χ0n) is 10.3. The van der Waals surface area contributed by atoms with Crippen molar-refractivity contribution >= 4 is 10.8 Å². The van der Waals surface area contributed by atoms with Crippen molar-refractivity contribution in [1.29, 1.82) is 0 Å². The molecule has 94 valence electrons. The van der Waals surface area contributed by atoms with Gasteiger partial charge in [0.1, 0.15) is 5.82 Å². The first-order valence-electron chi connectivity index (χ1n) is 6.20. The van der Waals surface area contributed by atoms with Crippen LogP contribution in [0.25, 0.3) is 10.8 Å². The number of fused-ring (bicyclic) bond motifs is 1. The highest BCUT2D eigenvalue weighted by molar-refractivity contribution is 5.86. The smallest absolute Gasteiger partial charge is 0.131 e. The minimum absolute atomic E-state index is 0.243. The molecular formula is C16H17FO. The molecule has 0 aliphatic carbocycles. The number of rotatable bonds is 5. The molecule has 0 fully saturated rings. The highest BCUT2D eigenvalue weighted by atomic mass is 19.1. The van der Waals surface area contributed by atoms with Crippen molar-refractivity contribution in [1.82, 2.24) is 0 Å². The van der Waals surface area contributed by atoms with Gasteiger partial charge in [0.05, 0.1) is 6.10 Å². The second kappa shape index (κ2) is 5.78. The second-order valence-electron chi connectivity index (χ2n) is 4.42. The Morgan fingerprint density at radius 3 is 2.61 bits per heavy atom. The van der Waals surface area contributed by atoms with Gasteiger partial charge in [-0.05, 0) is 36.3 Å². The lowest BCUT2D eigenvalue weighted by atomic mass is 9.97. The van der Waals surface area contributed by atoms with Gasteiger partial charge in [-0.1, -0.05) is 36.4 Å². The summed E-state index contributed by atoms with van der Waals surface area (Å²) in [6, 6.07) is 10.4. The molecule has 1 unspecified atom stereocenters. The minimum atomic E-state index is -0.546. The van der Waals surface area contributed by atoms with E-state index in [1.165, 1.54) is 6.07 Å². The van der Waals surface area contributed by atoms with Gasteiger partial charge in [-0.2, -0.15) is 0 Å². The van der Waals surface area contributed by atoms with E-state index in [1.54, 1.807) is 18.2 Å². The topological polar surface area (TPSA) is 20.2 Å². The molecule has 0 bridgehead atoms. The predicted molar refractivity (Wildman–Crippen MR) is 72.9 cm³/mol. The molecule has 0 aliphatic heterocycles. The first kappa shape index (κ1) is 12.8. The van der Waals surface area contributed by atoms with Crippen LogP contribution in [0.2, 0.25) is 0 Å². The maximum atomic E-state index is 13.6. The average Bonchev–Trinajstić information content (AvgIpc) is 2.39. The Morgan fingerprint density at radius 2 is 1.89 bits per heavy atom. The fourth-order valence-corrected chi connectivity index (χ4v) is 2.19. The van der Waals surface area contributed by atoms with Gasteiger partial charge in [0, 0.05) is 5.39 Å². The van der Waals surface area contributed by atoms with Crippen LogP contribution in [0.3, 0.4) is 0 Å². The quantitative estimate of drug-likeness (QED) is 0.611. The molecule has 2 rings (SSSR count). The summed E-state index contributed by atoms with van der Waals surface area (Å²) in [4.78, 5) is 0. The van der Waals surface area contributed by atoms with E-state index in [-0.39, 0.29) is 5.82 Å². The highest BCUT2D eigenvalue weighted by Crippen LogP contribution is 2.28. The van der Waals surface area contributed by atoms with Crippen molar-refractivity contribution in [3.63, 3.8) is 0 Å². The summed E-state index contributed by atoms with van der Waals surface area (Å²) in [6.07, 6.45) is 3.74. The Balaban J connectivity index is 2.33. The summed E-state index contributed by atoms with van der Waals surface area (Å²) in [5, 5.41) is 11.5. The third-order valence-electron chi connectivity index (χ3n) is 3.15. The van der Waals surface area contributed by atoms with E-state index in [1.807, 2.05) is 18.2 Å². The van der Waals surface area contributed by atoms with E-state index >= 15 is 0 Å². The average molecular weight is 244 g/mol. The van der Waals surface area contributed by atoms with Crippen molar-refractivity contribution < 1.29 is 9.50 Å². The maximum Gasteiger partial charge on any atom is 0.131 e. The van der Waals surface area contributed by atoms with E-state index in [0.29, 0.717) is 11.8 Å². The van der Waals surface area contributed by atoms with Gasteiger partial charge < -0.3 is 5.11 Å². The van der Waals surface area contributed by atoms with Crippen molar-refractivity contribution in [2.75, 3.05) is 0 Å². The molecule has 2 heteroatoms. The normalized spacial score (nSPS) is 12.6. The molecule has 0 heterocycles. The Kier molecular flexibility index (Phi) is 4.11. The fraction of sp³-hybridized carbons (Fsp3) is 0.250. The van der Waals surface area contributed by atoms with Crippen molar-refractivity contribution in [3.05, 3.63) is 60.4 Å². The van der Waals surface area contributed by atoms with Gasteiger partial charge in [0.15, 0.2) is 0 Å². The lowest BCUT2D eigenvalue weighted by Gasteiger charge is -2.13. The standard InChI is InChI=1S/C16H17FO/c1-2-3-4-9-16(18)14-10-11-15(17)13-8-6-5-7-12(13)14/h2,5-8,10-11,16,18H,1,3-4,9H2. The van der Waals surface area contributed by atoms with Gasteiger partial charge in [-0.15, -0.1) is 6.58 Å². The van der Waals surface area contributed by atoms with E-state index in [9.17, 15) is 9.50 Å². The number of hydrogen-bond donors (Lipinski definition) is 1. The zero-order valence-corrected chi connectivity index (χ0v) is 10.3. The second-order valence-corrected chi connectivity index (χ2v) is 4.42. The van der Waals surface area contributed by atoms with Crippen LogP contribution in [-0.2, 0) is 0 Å². The van der Waals surface area contributed by atoms with Crippen LogP contribution in [0.4, 0.5) is 4.39 Å². The van der Waals surface area contributed by atoms with Crippen LogP contribution in [-0.4, -0.2) is 5.11 Å². The third-order valence-corrected chi connectivity index (χ3v) is 3.15. The molecule has 0 saturated carbocycles. The highest BCUT2D eigenvalue weighted by Gasteiger charge is 2.12. The SMILES string of the molecule is C=CCCCC(O)c1ccc(F)c2ccccc12. The molecule has 1 N–H and O–H groups in total. The molecule has 0 spiro atoms. The summed E-state index contributed by atoms with van der Waals surface area (Å²) in [5.74, 6) is -0.243. The molecule has 1 atom stereocenters. The minimum Gasteiger partial charge on any atom is -0.388 e. The monoisotopic (exact) mass is 244 g/mol. The first-order chi connectivity index (χ1) is 8.74. The number of aliphatic hydroxyl groups is 1. The molecule has 0 aliphatic rings. The molecule has 18 heavy (non-hydrogen) atoms. The maximum absolute atomic E-state index is 13.6. The first-order valence-corrected chi connectivity index (χ1v) is 6.20. The molecule has 0 aromatic heterocycles. The number of allylic oxidation sites excluding steroid dienone is 1. The van der Waals surface area contributed by atoms with Crippen LogP contribution in [0.5, 0.6) is 0 Å². The molecule has 0 saturated heterocycles. The van der Waals surface area contributed by atoms with Crippen LogP contribution in [0.1, 0.15) is 30.9 Å². The van der Waals surface area contributed by atoms with E-state index in [2.05, 4.69) is 6.58 Å². The molecule has 0 radical (unpaired) electrons. The Labute approximate surface area is 107 Å². The summed E-state index contributed by atoms with van der Waals surface area (Å²) in [7, 11) is 0. The van der Waals surface area contributed by atoms with Crippen molar-refractivity contribution in [3.8, 4) is 0 Å². The number of unbranched alkanes of at least 4 members (excludes halogenated alkanes) is 1. The predicted octanol–water partition coefficient (Wildman–Crippen LogP) is 4.37. The van der Waals surface area contributed by atoms with E-state index < -0.39 is 6.10 Å². The lowest BCUT2D eigenvalue weighted by molar-refractivity contribution is 0.166. The fourth-order valence-electron chi connectivity index (χ4n) is 2.19. The summed E-state index contributed by atoms with van der Waals surface area (Å²) in [5.41, 5.74) is 0.802. The van der Waals surface area contributed by atoms with Crippen molar-refractivity contribution in [2.45, 2.75) is 25.4 Å². The molecule has 0 amide bonds. The summed E-state index contributed by atoms with van der Waals surface area (Å²) < 4.78 is 13.6. The van der Waals surface area contributed by atoms with Crippen LogP contribution >= 0.6 is 0 Å². The van der Waals surface area contributed by atoms with Gasteiger partial charge >= 0.3 is 0 Å². The van der Waals surface area contributed by atoms with Crippen molar-refractivity contribution in [2.24, 2.45) is 0 Å². The number of benzene rings is 2. The van der Waals surface area contributed by atoms with Crippen LogP contribution in [0.15, 0.2) is 49.1 Å². The Hall–Kier alpha value is -1.67. The number of hydrogen-bond acceptors (Lipinski definition) is 1. The van der Waals surface area contributed by atoms with Gasteiger partial charge in [-0.25, -0.2) is 4.39 Å². The Bertz CT molecular complexity index is 548. The van der Waals surface area contributed by atoms with Gasteiger partial charge in [0.2, 0.25) is 0 Å². The third kappa shape index (κ3) is 2.59. The number of aliphatic hydroxyl groups excluding tert-OH is 1. The van der Waals surface area contributed by atoms with Crippen LogP contribution < -0.4 is 0 Å². The number of halogens is 1. The summed E-state index contributed by atoms with van der Waals surface area (Å²) in [6.45, 7) is 3.66. The Morgan fingerprint density at radius 1 is 1.17 bits per heavy atom. The van der Waals surface area contributed by atoms with E-state index in [4.69, 9.17) is 0 Å². The largest absolute Gasteiger partial charge is 0.388 e. The molecular weight excluding hydrogens is 227 g/mol. The van der Waals surface area contributed by atoms with Gasteiger partial charge in [0.25, 0.3) is 0 Å². The lowest BCUT2D eigenvalue weighted by Crippen LogP contribution is -1.99. The van der Waals surface area contributed by atoms with E-state index in [0.717, 1.165) is 23.8 Å². The summed E-state index contributed by atoms with van der Waals surface area (Å²) >= 11 is 0.